The Bertz CT molecular complexity index is 1370. The summed E-state index contributed by atoms with van der Waals surface area (Å²) in [7, 11) is -1.85. The van der Waals surface area contributed by atoms with E-state index in [0.29, 0.717) is 34.8 Å². The number of anilines is 1. The van der Waals surface area contributed by atoms with Crippen molar-refractivity contribution < 1.29 is 13.2 Å². The molecule has 1 amide bonds. The predicted octanol–water partition coefficient (Wildman–Crippen LogP) is 4.00. The van der Waals surface area contributed by atoms with Crippen LogP contribution in [0, 0.1) is 0 Å². The van der Waals surface area contributed by atoms with Crippen molar-refractivity contribution in [3.05, 3.63) is 89.2 Å². The van der Waals surface area contributed by atoms with E-state index in [1.165, 1.54) is 24.3 Å². The number of carbonyl (C=O) groups excluding carboxylic acids is 1. The molecule has 0 fully saturated rings. The van der Waals surface area contributed by atoms with Crippen LogP contribution in [0.25, 0.3) is 11.0 Å². The van der Waals surface area contributed by atoms with Crippen molar-refractivity contribution in [3.63, 3.8) is 0 Å². The van der Waals surface area contributed by atoms with E-state index in [2.05, 4.69) is 15.0 Å². The maximum Gasteiger partial charge on any atom is 0.261 e. The lowest BCUT2D eigenvalue weighted by molar-refractivity contribution is 0.0954. The van der Waals surface area contributed by atoms with Gasteiger partial charge in [0.1, 0.15) is 5.82 Å². The van der Waals surface area contributed by atoms with Gasteiger partial charge in [0.15, 0.2) is 0 Å². The van der Waals surface area contributed by atoms with Crippen molar-refractivity contribution in [2.75, 3.05) is 11.3 Å². The minimum atomic E-state index is -3.74. The molecule has 4 rings (SSSR count). The van der Waals surface area contributed by atoms with Crippen molar-refractivity contribution in [3.8, 4) is 0 Å². The van der Waals surface area contributed by atoms with Gasteiger partial charge in [-0.1, -0.05) is 29.8 Å². The highest BCUT2D eigenvalue weighted by molar-refractivity contribution is 7.92. The zero-order valence-corrected chi connectivity index (χ0v) is 18.8. The van der Waals surface area contributed by atoms with Gasteiger partial charge in [-0.2, -0.15) is 0 Å². The highest BCUT2D eigenvalue weighted by Crippen LogP contribution is 2.23. The minimum absolute atomic E-state index is 0.123. The number of carbonyl (C=O) groups is 1. The summed E-state index contributed by atoms with van der Waals surface area (Å²) in [6, 6.07) is 20.2. The van der Waals surface area contributed by atoms with Crippen LogP contribution in [0.4, 0.5) is 5.69 Å². The quantitative estimate of drug-likeness (QED) is 0.428. The van der Waals surface area contributed by atoms with Crippen LogP contribution < -0.4 is 10.0 Å². The minimum Gasteiger partial charge on any atom is -0.352 e. The van der Waals surface area contributed by atoms with Crippen LogP contribution in [0.3, 0.4) is 0 Å². The zero-order chi connectivity index (χ0) is 22.7. The average molecular weight is 469 g/mol. The first-order valence-corrected chi connectivity index (χ1v) is 11.8. The third kappa shape index (κ3) is 4.76. The molecule has 0 saturated carbocycles. The zero-order valence-electron chi connectivity index (χ0n) is 17.2. The Morgan fingerprint density at radius 1 is 1.03 bits per heavy atom. The number of amides is 1. The number of hydrogen-bond donors (Lipinski definition) is 2. The largest absolute Gasteiger partial charge is 0.352 e. The summed E-state index contributed by atoms with van der Waals surface area (Å²) < 4.78 is 29.8. The van der Waals surface area contributed by atoms with Crippen molar-refractivity contribution in [1.82, 2.24) is 14.9 Å². The van der Waals surface area contributed by atoms with Gasteiger partial charge in [-0.15, -0.1) is 0 Å². The van der Waals surface area contributed by atoms with Gasteiger partial charge in [0.2, 0.25) is 0 Å². The normalized spacial score (nSPS) is 11.4. The van der Waals surface area contributed by atoms with E-state index in [-0.39, 0.29) is 10.8 Å². The average Bonchev–Trinajstić information content (AvgIpc) is 3.09. The summed E-state index contributed by atoms with van der Waals surface area (Å²) in [5.41, 5.74) is 2.54. The number of nitrogens with zero attached hydrogens (tertiary/aromatic N) is 2. The molecule has 3 aromatic carbocycles. The van der Waals surface area contributed by atoms with E-state index in [1.807, 2.05) is 35.9 Å². The summed E-state index contributed by atoms with van der Waals surface area (Å²) in [5.74, 6) is 0.648. The number of fused-ring (bicyclic) bond motifs is 1. The molecule has 1 aromatic heterocycles. The molecule has 164 valence electrons. The van der Waals surface area contributed by atoms with Gasteiger partial charge in [-0.05, 0) is 54.6 Å². The lowest BCUT2D eigenvalue weighted by atomic mass is 10.2. The summed E-state index contributed by atoms with van der Waals surface area (Å²) in [6.45, 7) is 0.431. The number of imidazole rings is 1. The van der Waals surface area contributed by atoms with E-state index >= 15 is 0 Å². The molecule has 1 heterocycles. The van der Waals surface area contributed by atoms with Crippen LogP contribution in [-0.4, -0.2) is 30.4 Å². The van der Waals surface area contributed by atoms with Crippen molar-refractivity contribution in [2.45, 2.75) is 11.3 Å². The van der Waals surface area contributed by atoms with Gasteiger partial charge in [0.25, 0.3) is 15.9 Å². The third-order valence-electron chi connectivity index (χ3n) is 5.02. The van der Waals surface area contributed by atoms with Crippen LogP contribution >= 0.6 is 11.6 Å². The first-order valence-electron chi connectivity index (χ1n) is 9.90. The Morgan fingerprint density at radius 3 is 2.47 bits per heavy atom. The highest BCUT2D eigenvalue weighted by atomic mass is 35.5. The predicted molar refractivity (Wildman–Crippen MR) is 125 cm³/mol. The fourth-order valence-corrected chi connectivity index (χ4v) is 4.52. The van der Waals surface area contributed by atoms with Crippen LogP contribution in [0.5, 0.6) is 0 Å². The SMILES string of the molecule is Cn1c(CCNC(=O)c2ccccc2)nc2cc(NS(=O)(=O)c3ccc(Cl)cc3)ccc21. The second kappa shape index (κ2) is 9.02. The van der Waals surface area contributed by atoms with E-state index in [9.17, 15) is 13.2 Å². The second-order valence-corrected chi connectivity index (χ2v) is 9.34. The fraction of sp³-hybridized carbons (Fsp3) is 0.130. The van der Waals surface area contributed by atoms with Gasteiger partial charge < -0.3 is 9.88 Å². The molecule has 7 nitrogen and oxygen atoms in total. The summed E-state index contributed by atoms with van der Waals surface area (Å²) >= 11 is 5.84. The number of aryl methyl sites for hydroxylation is 1. The molecule has 0 bridgehead atoms. The fourth-order valence-electron chi connectivity index (χ4n) is 3.34. The number of benzene rings is 3. The number of hydrogen-bond acceptors (Lipinski definition) is 4. The van der Waals surface area contributed by atoms with Crippen LogP contribution in [-0.2, 0) is 23.5 Å². The molecule has 0 saturated heterocycles. The van der Waals surface area contributed by atoms with Gasteiger partial charge in [0.05, 0.1) is 21.6 Å². The smallest absolute Gasteiger partial charge is 0.261 e. The topological polar surface area (TPSA) is 93.1 Å². The molecule has 0 atom stereocenters. The molecule has 4 aromatic rings. The van der Waals surface area contributed by atoms with Crippen molar-refractivity contribution in [2.24, 2.45) is 7.05 Å². The Kier molecular flexibility index (Phi) is 6.16. The van der Waals surface area contributed by atoms with Crippen LogP contribution in [0.2, 0.25) is 5.02 Å². The van der Waals surface area contributed by atoms with E-state index in [1.54, 1.807) is 24.3 Å². The molecular weight excluding hydrogens is 448 g/mol. The lowest BCUT2D eigenvalue weighted by Gasteiger charge is -2.08. The van der Waals surface area contributed by atoms with Crippen molar-refractivity contribution >= 4 is 44.3 Å². The Labute approximate surface area is 191 Å². The molecule has 0 aliphatic heterocycles. The Hall–Kier alpha value is -3.36. The molecule has 0 unspecified atom stereocenters. The number of nitrogens with one attached hydrogen (secondary N) is 2. The van der Waals surface area contributed by atoms with Gasteiger partial charge >= 0.3 is 0 Å². The van der Waals surface area contributed by atoms with E-state index < -0.39 is 10.0 Å². The van der Waals surface area contributed by atoms with E-state index in [4.69, 9.17) is 11.6 Å². The monoisotopic (exact) mass is 468 g/mol. The summed E-state index contributed by atoms with van der Waals surface area (Å²) in [5, 5.41) is 3.35. The lowest BCUT2D eigenvalue weighted by Crippen LogP contribution is -2.26. The number of sulfonamides is 1. The van der Waals surface area contributed by atoms with Crippen molar-refractivity contribution in [1.29, 1.82) is 0 Å². The number of halogens is 1. The van der Waals surface area contributed by atoms with Gasteiger partial charge in [-0.25, -0.2) is 13.4 Å². The molecule has 32 heavy (non-hydrogen) atoms. The Balaban J connectivity index is 1.47. The van der Waals surface area contributed by atoms with Gasteiger partial charge in [-0.3, -0.25) is 9.52 Å². The molecular formula is C23H21ClN4O3S. The van der Waals surface area contributed by atoms with E-state index in [0.717, 1.165) is 11.3 Å². The molecule has 9 heteroatoms. The Morgan fingerprint density at radius 2 is 1.75 bits per heavy atom. The number of rotatable bonds is 7. The first-order chi connectivity index (χ1) is 15.3. The second-order valence-electron chi connectivity index (χ2n) is 7.22. The molecule has 0 radical (unpaired) electrons. The standard InChI is InChI=1S/C23H21ClN4O3S/c1-28-21-12-9-18(27-32(30,31)19-10-7-17(24)8-11-19)15-20(21)26-22(28)13-14-25-23(29)16-5-3-2-4-6-16/h2-12,15,27H,13-14H2,1H3,(H,25,29). The summed E-state index contributed by atoms with van der Waals surface area (Å²) in [4.78, 5) is 16.9. The number of aromatic nitrogens is 2. The van der Waals surface area contributed by atoms with Crippen LogP contribution in [0.1, 0.15) is 16.2 Å². The molecule has 0 aliphatic carbocycles. The maximum atomic E-state index is 12.6. The highest BCUT2D eigenvalue weighted by Gasteiger charge is 2.16. The summed E-state index contributed by atoms with van der Waals surface area (Å²) in [6.07, 6.45) is 0.537. The molecule has 0 spiro atoms. The maximum absolute atomic E-state index is 12.6. The molecule has 0 aliphatic rings. The van der Waals surface area contributed by atoms with Gasteiger partial charge in [0, 0.05) is 30.6 Å². The third-order valence-corrected chi connectivity index (χ3v) is 6.67. The van der Waals surface area contributed by atoms with Crippen LogP contribution in [0.15, 0.2) is 77.7 Å². The molecule has 2 N–H and O–H groups in total. The first kappa shape index (κ1) is 21.9.